The van der Waals surface area contributed by atoms with Crippen LogP contribution in [-0.4, -0.2) is 11.9 Å². The fraction of sp³-hybridized carbons (Fsp3) is 0.588. The van der Waals surface area contributed by atoms with Crippen LogP contribution in [0.25, 0.3) is 0 Å². The third-order valence-electron chi connectivity index (χ3n) is 4.37. The molecule has 1 aliphatic rings. The lowest BCUT2D eigenvalue weighted by Gasteiger charge is -2.37. The van der Waals surface area contributed by atoms with Crippen molar-refractivity contribution in [2.45, 2.75) is 46.1 Å². The average Bonchev–Trinajstić information content (AvgIpc) is 2.39. The summed E-state index contributed by atoms with van der Waals surface area (Å²) in [5, 5.41) is 3.26. The molecule has 19 heavy (non-hydrogen) atoms. The molecule has 2 nitrogen and oxygen atoms in total. The van der Waals surface area contributed by atoms with Crippen molar-refractivity contribution in [2.75, 3.05) is 0 Å². The van der Waals surface area contributed by atoms with Crippen LogP contribution in [0, 0.1) is 17.8 Å². The van der Waals surface area contributed by atoms with Crippen molar-refractivity contribution in [1.82, 2.24) is 5.32 Å². The molecule has 0 aliphatic heterocycles. The van der Waals surface area contributed by atoms with Gasteiger partial charge in [0, 0.05) is 11.6 Å². The number of carbonyl (C=O) groups is 1. The molecule has 0 aromatic heterocycles. The molecule has 1 N–H and O–H groups in total. The maximum absolute atomic E-state index is 12.3. The molecule has 2 heteroatoms. The molecule has 2 rings (SSSR count). The standard InChI is InChI=1S/C17H25NO/c1-12(2)15-10-9-13(3)11-16(15)18-17(19)14-7-5-4-6-8-14/h4-8,12-13,15-16H,9-11H2,1-3H3,(H,18,19)/t13-,15+,16+/m1/s1. The SMILES string of the molecule is CC(C)[C@@H]1CC[C@@H](C)C[C@@H]1NC(=O)c1ccccc1. The number of rotatable bonds is 3. The van der Waals surface area contributed by atoms with Crippen molar-refractivity contribution in [2.24, 2.45) is 17.8 Å². The zero-order chi connectivity index (χ0) is 13.8. The molecule has 0 radical (unpaired) electrons. The summed E-state index contributed by atoms with van der Waals surface area (Å²) in [4.78, 5) is 12.3. The summed E-state index contributed by atoms with van der Waals surface area (Å²) in [5.74, 6) is 2.04. The van der Waals surface area contributed by atoms with E-state index in [1.54, 1.807) is 0 Å². The van der Waals surface area contributed by atoms with Crippen molar-refractivity contribution in [3.05, 3.63) is 35.9 Å². The van der Waals surface area contributed by atoms with Gasteiger partial charge in [-0.3, -0.25) is 4.79 Å². The average molecular weight is 259 g/mol. The van der Waals surface area contributed by atoms with Crippen molar-refractivity contribution < 1.29 is 4.79 Å². The van der Waals surface area contributed by atoms with E-state index in [9.17, 15) is 4.79 Å². The topological polar surface area (TPSA) is 29.1 Å². The van der Waals surface area contributed by atoms with Crippen molar-refractivity contribution in [3.8, 4) is 0 Å². The van der Waals surface area contributed by atoms with Gasteiger partial charge < -0.3 is 5.32 Å². The van der Waals surface area contributed by atoms with Crippen LogP contribution in [-0.2, 0) is 0 Å². The number of hydrogen-bond donors (Lipinski definition) is 1. The molecule has 1 aliphatic carbocycles. The number of nitrogens with one attached hydrogen (secondary N) is 1. The molecular weight excluding hydrogens is 234 g/mol. The van der Waals surface area contributed by atoms with Gasteiger partial charge in [-0.15, -0.1) is 0 Å². The summed E-state index contributed by atoms with van der Waals surface area (Å²) in [6, 6.07) is 9.86. The summed E-state index contributed by atoms with van der Waals surface area (Å²) in [6.07, 6.45) is 3.64. The van der Waals surface area contributed by atoms with Crippen LogP contribution in [0.4, 0.5) is 0 Å². The molecule has 0 heterocycles. The van der Waals surface area contributed by atoms with E-state index in [-0.39, 0.29) is 5.91 Å². The van der Waals surface area contributed by atoms with Crippen LogP contribution in [0.1, 0.15) is 50.4 Å². The van der Waals surface area contributed by atoms with E-state index < -0.39 is 0 Å². The molecule has 0 spiro atoms. The Morgan fingerprint density at radius 1 is 1.21 bits per heavy atom. The minimum atomic E-state index is 0.0744. The summed E-state index contributed by atoms with van der Waals surface area (Å²) < 4.78 is 0. The van der Waals surface area contributed by atoms with Gasteiger partial charge in [0.05, 0.1) is 0 Å². The van der Waals surface area contributed by atoms with Gasteiger partial charge in [0.25, 0.3) is 5.91 Å². The number of hydrogen-bond acceptors (Lipinski definition) is 1. The fourth-order valence-electron chi connectivity index (χ4n) is 3.21. The third-order valence-corrected chi connectivity index (χ3v) is 4.37. The van der Waals surface area contributed by atoms with E-state index in [0.717, 1.165) is 17.9 Å². The maximum Gasteiger partial charge on any atom is 0.251 e. The zero-order valence-electron chi connectivity index (χ0n) is 12.2. The Labute approximate surface area is 116 Å². The first-order valence-corrected chi connectivity index (χ1v) is 7.44. The van der Waals surface area contributed by atoms with Crippen molar-refractivity contribution in [1.29, 1.82) is 0 Å². The number of carbonyl (C=O) groups excluding carboxylic acids is 1. The van der Waals surface area contributed by atoms with Gasteiger partial charge in [-0.2, -0.15) is 0 Å². The normalized spacial score (nSPS) is 27.3. The molecular formula is C17H25NO. The van der Waals surface area contributed by atoms with Crippen LogP contribution in [0.2, 0.25) is 0 Å². The Kier molecular flexibility index (Phi) is 4.62. The van der Waals surface area contributed by atoms with Gasteiger partial charge in [0.1, 0.15) is 0 Å². The van der Waals surface area contributed by atoms with Crippen LogP contribution in [0.3, 0.4) is 0 Å². The fourth-order valence-corrected chi connectivity index (χ4v) is 3.21. The molecule has 3 atom stereocenters. The van der Waals surface area contributed by atoms with Gasteiger partial charge >= 0.3 is 0 Å². The van der Waals surface area contributed by atoms with Gasteiger partial charge in [0.15, 0.2) is 0 Å². The minimum absolute atomic E-state index is 0.0744. The molecule has 0 saturated heterocycles. The van der Waals surface area contributed by atoms with E-state index in [1.165, 1.54) is 12.8 Å². The smallest absolute Gasteiger partial charge is 0.251 e. The van der Waals surface area contributed by atoms with Crippen LogP contribution < -0.4 is 5.32 Å². The van der Waals surface area contributed by atoms with Crippen LogP contribution in [0.5, 0.6) is 0 Å². The molecule has 1 saturated carbocycles. The summed E-state index contributed by atoms with van der Waals surface area (Å²) in [5.41, 5.74) is 0.767. The molecule has 0 bridgehead atoms. The second kappa shape index (κ2) is 6.23. The summed E-state index contributed by atoms with van der Waals surface area (Å²) in [7, 11) is 0. The van der Waals surface area contributed by atoms with E-state index in [2.05, 4.69) is 26.1 Å². The van der Waals surface area contributed by atoms with E-state index in [4.69, 9.17) is 0 Å². The Morgan fingerprint density at radius 2 is 1.89 bits per heavy atom. The third kappa shape index (κ3) is 3.59. The van der Waals surface area contributed by atoms with Crippen LogP contribution in [0.15, 0.2) is 30.3 Å². The lowest BCUT2D eigenvalue weighted by Crippen LogP contribution is -2.45. The second-order valence-corrected chi connectivity index (χ2v) is 6.27. The maximum atomic E-state index is 12.3. The molecule has 1 aromatic rings. The predicted octanol–water partition coefficient (Wildman–Crippen LogP) is 3.88. The Morgan fingerprint density at radius 3 is 2.53 bits per heavy atom. The molecule has 1 aromatic carbocycles. The first-order chi connectivity index (χ1) is 9.08. The summed E-state index contributed by atoms with van der Waals surface area (Å²) in [6.45, 7) is 6.82. The Balaban J connectivity index is 2.04. The van der Waals surface area contributed by atoms with Gasteiger partial charge in [-0.05, 0) is 42.7 Å². The lowest BCUT2D eigenvalue weighted by atomic mass is 9.74. The van der Waals surface area contributed by atoms with Gasteiger partial charge in [0.2, 0.25) is 0 Å². The van der Waals surface area contributed by atoms with E-state index in [1.807, 2.05) is 30.3 Å². The largest absolute Gasteiger partial charge is 0.349 e. The monoisotopic (exact) mass is 259 g/mol. The lowest BCUT2D eigenvalue weighted by molar-refractivity contribution is 0.0868. The Bertz CT molecular complexity index is 413. The second-order valence-electron chi connectivity index (χ2n) is 6.27. The van der Waals surface area contributed by atoms with Crippen molar-refractivity contribution >= 4 is 5.91 Å². The van der Waals surface area contributed by atoms with Gasteiger partial charge in [-0.25, -0.2) is 0 Å². The molecule has 1 fully saturated rings. The first kappa shape index (κ1) is 14.1. The molecule has 1 amide bonds. The Hall–Kier alpha value is -1.31. The molecule has 104 valence electrons. The highest BCUT2D eigenvalue weighted by atomic mass is 16.1. The van der Waals surface area contributed by atoms with E-state index >= 15 is 0 Å². The van der Waals surface area contributed by atoms with Gasteiger partial charge in [-0.1, -0.05) is 45.4 Å². The highest BCUT2D eigenvalue weighted by Gasteiger charge is 2.31. The van der Waals surface area contributed by atoms with Crippen molar-refractivity contribution in [3.63, 3.8) is 0 Å². The number of benzene rings is 1. The quantitative estimate of drug-likeness (QED) is 0.877. The molecule has 0 unspecified atom stereocenters. The first-order valence-electron chi connectivity index (χ1n) is 7.44. The highest BCUT2D eigenvalue weighted by Crippen LogP contribution is 2.33. The number of amides is 1. The zero-order valence-corrected chi connectivity index (χ0v) is 12.2. The predicted molar refractivity (Wildman–Crippen MR) is 79.0 cm³/mol. The minimum Gasteiger partial charge on any atom is -0.349 e. The van der Waals surface area contributed by atoms with Crippen LogP contribution >= 0.6 is 0 Å². The van der Waals surface area contributed by atoms with E-state index in [0.29, 0.717) is 17.9 Å². The highest BCUT2D eigenvalue weighted by molar-refractivity contribution is 5.94. The summed E-state index contributed by atoms with van der Waals surface area (Å²) >= 11 is 0.